The van der Waals surface area contributed by atoms with Gasteiger partial charge >= 0.3 is 0 Å². The van der Waals surface area contributed by atoms with Crippen molar-refractivity contribution in [3.8, 4) is 11.4 Å². The van der Waals surface area contributed by atoms with Gasteiger partial charge in [-0.3, -0.25) is 4.90 Å². The molecule has 1 aliphatic rings. The van der Waals surface area contributed by atoms with Crippen LogP contribution in [0.3, 0.4) is 0 Å². The van der Waals surface area contributed by atoms with E-state index in [9.17, 15) is 5.11 Å². The summed E-state index contributed by atoms with van der Waals surface area (Å²) in [5.41, 5.74) is 0.962. The van der Waals surface area contributed by atoms with Crippen LogP contribution in [-0.4, -0.2) is 39.3 Å². The highest BCUT2D eigenvalue weighted by Crippen LogP contribution is 2.24. The van der Waals surface area contributed by atoms with Crippen molar-refractivity contribution in [3.05, 3.63) is 36.2 Å². The van der Waals surface area contributed by atoms with E-state index in [0.29, 0.717) is 30.8 Å². The number of hydrogen-bond acceptors (Lipinski definition) is 5. The molecule has 1 aromatic carbocycles. The van der Waals surface area contributed by atoms with E-state index in [1.54, 1.807) is 0 Å². The van der Waals surface area contributed by atoms with Gasteiger partial charge < -0.3 is 9.63 Å². The minimum atomic E-state index is 0.163. The Bertz CT molecular complexity index is 564. The van der Waals surface area contributed by atoms with Crippen LogP contribution < -0.4 is 0 Å². The highest BCUT2D eigenvalue weighted by molar-refractivity contribution is 5.53. The molecule has 1 fully saturated rings. The predicted molar refractivity (Wildman–Crippen MR) is 84.1 cm³/mol. The van der Waals surface area contributed by atoms with Gasteiger partial charge in [0.25, 0.3) is 0 Å². The summed E-state index contributed by atoms with van der Waals surface area (Å²) in [5.74, 6) is 1.25. The molecule has 0 saturated heterocycles. The van der Waals surface area contributed by atoms with E-state index in [4.69, 9.17) is 4.52 Å². The summed E-state index contributed by atoms with van der Waals surface area (Å²) in [5, 5.41) is 13.4. The summed E-state index contributed by atoms with van der Waals surface area (Å²) in [6.45, 7) is 1.44. The molecular formula is C17H23N3O2. The van der Waals surface area contributed by atoms with E-state index in [1.807, 2.05) is 30.3 Å². The Hall–Kier alpha value is -1.72. The van der Waals surface area contributed by atoms with Crippen LogP contribution in [0, 0.1) is 0 Å². The first-order chi connectivity index (χ1) is 10.9. The van der Waals surface area contributed by atoms with Crippen LogP contribution in [-0.2, 0) is 6.54 Å². The number of aliphatic hydroxyl groups excluding tert-OH is 1. The van der Waals surface area contributed by atoms with Crippen LogP contribution in [0.2, 0.25) is 0 Å². The first kappa shape index (κ1) is 15.2. The summed E-state index contributed by atoms with van der Waals surface area (Å²) in [6, 6.07) is 10.4. The van der Waals surface area contributed by atoms with Crippen molar-refractivity contribution in [2.75, 3.05) is 13.2 Å². The lowest BCUT2D eigenvalue weighted by Crippen LogP contribution is -2.38. The Morgan fingerprint density at radius 2 is 1.91 bits per heavy atom. The maximum Gasteiger partial charge on any atom is 0.241 e. The Labute approximate surface area is 131 Å². The second kappa shape index (κ2) is 7.51. The van der Waals surface area contributed by atoms with E-state index in [0.717, 1.165) is 5.56 Å². The summed E-state index contributed by atoms with van der Waals surface area (Å²) in [6.07, 6.45) is 6.25. The lowest BCUT2D eigenvalue weighted by atomic mass is 9.94. The Balaban J connectivity index is 1.69. The summed E-state index contributed by atoms with van der Waals surface area (Å²) in [7, 11) is 0. The van der Waals surface area contributed by atoms with Crippen molar-refractivity contribution < 1.29 is 9.63 Å². The van der Waals surface area contributed by atoms with Gasteiger partial charge in [0, 0.05) is 18.2 Å². The number of nitrogens with zero attached hydrogens (tertiary/aromatic N) is 3. The van der Waals surface area contributed by atoms with E-state index < -0.39 is 0 Å². The van der Waals surface area contributed by atoms with Crippen LogP contribution in [0.25, 0.3) is 11.4 Å². The first-order valence-corrected chi connectivity index (χ1v) is 8.10. The molecule has 0 atom stereocenters. The highest BCUT2D eigenvalue weighted by Gasteiger charge is 2.22. The largest absolute Gasteiger partial charge is 0.395 e. The van der Waals surface area contributed by atoms with Gasteiger partial charge in [-0.1, -0.05) is 54.8 Å². The zero-order valence-corrected chi connectivity index (χ0v) is 12.8. The van der Waals surface area contributed by atoms with Crippen molar-refractivity contribution in [1.82, 2.24) is 15.0 Å². The fourth-order valence-corrected chi connectivity index (χ4v) is 3.16. The molecule has 2 aromatic rings. The average Bonchev–Trinajstić information content (AvgIpc) is 3.05. The molecule has 0 spiro atoms. The number of aliphatic hydroxyl groups is 1. The Kier molecular flexibility index (Phi) is 5.19. The minimum Gasteiger partial charge on any atom is -0.395 e. The third-order valence-corrected chi connectivity index (χ3v) is 4.32. The van der Waals surface area contributed by atoms with Gasteiger partial charge in [-0.2, -0.15) is 4.98 Å². The summed E-state index contributed by atoms with van der Waals surface area (Å²) < 4.78 is 5.40. The fourth-order valence-electron chi connectivity index (χ4n) is 3.16. The van der Waals surface area contributed by atoms with Gasteiger partial charge in [-0.25, -0.2) is 0 Å². The van der Waals surface area contributed by atoms with E-state index >= 15 is 0 Å². The zero-order chi connectivity index (χ0) is 15.2. The molecule has 1 aliphatic carbocycles. The van der Waals surface area contributed by atoms with Crippen LogP contribution >= 0.6 is 0 Å². The lowest BCUT2D eigenvalue weighted by Gasteiger charge is -2.32. The minimum absolute atomic E-state index is 0.163. The molecule has 1 heterocycles. The molecule has 0 radical (unpaired) electrons. The maximum absolute atomic E-state index is 9.32. The predicted octanol–water partition coefficient (Wildman–Crippen LogP) is 2.86. The van der Waals surface area contributed by atoms with Crippen molar-refractivity contribution in [3.63, 3.8) is 0 Å². The van der Waals surface area contributed by atoms with Gasteiger partial charge in [0.15, 0.2) is 0 Å². The number of benzene rings is 1. The smallest absolute Gasteiger partial charge is 0.241 e. The SMILES string of the molecule is OCCN(Cc1nc(-c2ccccc2)no1)C1CCCCC1. The molecule has 0 amide bonds. The molecule has 1 aromatic heterocycles. The number of hydrogen-bond donors (Lipinski definition) is 1. The third-order valence-electron chi connectivity index (χ3n) is 4.32. The molecule has 0 aliphatic heterocycles. The van der Waals surface area contributed by atoms with Crippen LogP contribution in [0.4, 0.5) is 0 Å². The van der Waals surface area contributed by atoms with Crippen molar-refractivity contribution >= 4 is 0 Å². The summed E-state index contributed by atoms with van der Waals surface area (Å²) >= 11 is 0. The van der Waals surface area contributed by atoms with Gasteiger partial charge in [-0.05, 0) is 12.8 Å². The highest BCUT2D eigenvalue weighted by atomic mass is 16.5. The normalized spacial score (nSPS) is 16.3. The molecule has 1 saturated carbocycles. The second-order valence-electron chi connectivity index (χ2n) is 5.86. The Morgan fingerprint density at radius 3 is 2.64 bits per heavy atom. The Morgan fingerprint density at radius 1 is 1.14 bits per heavy atom. The topological polar surface area (TPSA) is 62.4 Å². The number of rotatable bonds is 6. The number of aromatic nitrogens is 2. The maximum atomic E-state index is 9.32. The van der Waals surface area contributed by atoms with Crippen molar-refractivity contribution in [1.29, 1.82) is 0 Å². The van der Waals surface area contributed by atoms with Crippen LogP contribution in [0.15, 0.2) is 34.9 Å². The molecule has 0 unspecified atom stereocenters. The van der Waals surface area contributed by atoms with Gasteiger partial charge in [-0.15, -0.1) is 0 Å². The van der Waals surface area contributed by atoms with Crippen molar-refractivity contribution in [2.24, 2.45) is 0 Å². The quantitative estimate of drug-likeness (QED) is 0.889. The molecule has 3 rings (SSSR count). The molecule has 22 heavy (non-hydrogen) atoms. The van der Waals surface area contributed by atoms with Crippen LogP contribution in [0.1, 0.15) is 38.0 Å². The van der Waals surface area contributed by atoms with Crippen molar-refractivity contribution in [2.45, 2.75) is 44.7 Å². The third kappa shape index (κ3) is 3.72. The van der Waals surface area contributed by atoms with Gasteiger partial charge in [0.05, 0.1) is 13.2 Å². The monoisotopic (exact) mass is 301 g/mol. The zero-order valence-electron chi connectivity index (χ0n) is 12.8. The van der Waals surface area contributed by atoms with Gasteiger partial charge in [0.1, 0.15) is 0 Å². The first-order valence-electron chi connectivity index (χ1n) is 8.10. The average molecular weight is 301 g/mol. The fraction of sp³-hybridized carbons (Fsp3) is 0.529. The molecule has 5 heteroatoms. The summed E-state index contributed by atoms with van der Waals surface area (Å²) in [4.78, 5) is 6.78. The lowest BCUT2D eigenvalue weighted by molar-refractivity contribution is 0.105. The molecule has 5 nitrogen and oxygen atoms in total. The van der Waals surface area contributed by atoms with Gasteiger partial charge in [0.2, 0.25) is 11.7 Å². The van der Waals surface area contributed by atoms with E-state index in [-0.39, 0.29) is 6.61 Å². The molecule has 1 N–H and O–H groups in total. The molecular weight excluding hydrogens is 278 g/mol. The molecule has 118 valence electrons. The molecule has 0 bridgehead atoms. The van der Waals surface area contributed by atoms with E-state index in [2.05, 4.69) is 15.0 Å². The standard InChI is InChI=1S/C17H23N3O2/c21-12-11-20(15-9-5-2-6-10-15)13-16-18-17(19-22-16)14-7-3-1-4-8-14/h1,3-4,7-8,15,21H,2,5-6,9-13H2. The van der Waals surface area contributed by atoms with E-state index in [1.165, 1.54) is 32.1 Å². The van der Waals surface area contributed by atoms with Crippen LogP contribution in [0.5, 0.6) is 0 Å². The second-order valence-corrected chi connectivity index (χ2v) is 5.86.